The van der Waals surface area contributed by atoms with E-state index in [1.807, 2.05) is 31.3 Å². The molecule has 4 nitrogen and oxygen atoms in total. The van der Waals surface area contributed by atoms with Crippen molar-refractivity contribution >= 4 is 5.82 Å². The minimum absolute atomic E-state index is 0.0146. The highest BCUT2D eigenvalue weighted by atomic mass is 16.5. The Balaban J connectivity index is 1.99. The second-order valence-corrected chi connectivity index (χ2v) is 5.13. The fourth-order valence-corrected chi connectivity index (χ4v) is 2.49. The largest absolute Gasteiger partial charge is 0.373 e. The standard InChI is InChI=1S/C16H19N3O/c1-11-8-9-14(20-11)16-18-13(10-15(17-2)19-16)12-6-4-3-5-7-12/h3-7,10-11,14H,8-9H2,1-2H3,(H,17,18,19). The van der Waals surface area contributed by atoms with Crippen LogP contribution in [0.1, 0.15) is 31.7 Å². The van der Waals surface area contributed by atoms with Gasteiger partial charge in [-0.1, -0.05) is 30.3 Å². The molecule has 0 spiro atoms. The van der Waals surface area contributed by atoms with Crippen LogP contribution in [0.3, 0.4) is 0 Å². The van der Waals surface area contributed by atoms with Crippen molar-refractivity contribution in [3.05, 3.63) is 42.2 Å². The Labute approximate surface area is 119 Å². The number of nitrogens with zero attached hydrogens (tertiary/aromatic N) is 2. The first kappa shape index (κ1) is 13.1. The zero-order valence-corrected chi connectivity index (χ0v) is 11.8. The first-order valence-corrected chi connectivity index (χ1v) is 7.04. The molecule has 0 aliphatic carbocycles. The molecule has 0 radical (unpaired) electrons. The van der Waals surface area contributed by atoms with Gasteiger partial charge < -0.3 is 10.1 Å². The van der Waals surface area contributed by atoms with Crippen LogP contribution >= 0.6 is 0 Å². The number of nitrogens with one attached hydrogen (secondary N) is 1. The van der Waals surface area contributed by atoms with Crippen LogP contribution in [0.5, 0.6) is 0 Å². The lowest BCUT2D eigenvalue weighted by molar-refractivity contribution is 0.0504. The molecule has 1 saturated heterocycles. The van der Waals surface area contributed by atoms with E-state index in [-0.39, 0.29) is 6.10 Å². The second kappa shape index (κ2) is 5.59. The molecule has 4 heteroatoms. The van der Waals surface area contributed by atoms with Gasteiger partial charge >= 0.3 is 0 Å². The minimum Gasteiger partial charge on any atom is -0.373 e. The summed E-state index contributed by atoms with van der Waals surface area (Å²) in [6, 6.07) is 12.1. The Morgan fingerprint density at radius 2 is 1.95 bits per heavy atom. The van der Waals surface area contributed by atoms with E-state index < -0.39 is 0 Å². The van der Waals surface area contributed by atoms with Crippen molar-refractivity contribution in [2.75, 3.05) is 12.4 Å². The van der Waals surface area contributed by atoms with Gasteiger partial charge in [0.2, 0.25) is 0 Å². The Kier molecular flexibility index (Phi) is 3.65. The molecule has 0 bridgehead atoms. The summed E-state index contributed by atoms with van der Waals surface area (Å²) < 4.78 is 5.88. The molecule has 1 aliphatic rings. The fourth-order valence-electron chi connectivity index (χ4n) is 2.49. The van der Waals surface area contributed by atoms with Crippen molar-refractivity contribution < 1.29 is 4.74 Å². The molecule has 2 aromatic rings. The van der Waals surface area contributed by atoms with Crippen LogP contribution < -0.4 is 5.32 Å². The van der Waals surface area contributed by atoms with E-state index in [1.54, 1.807) is 0 Å². The molecule has 20 heavy (non-hydrogen) atoms. The Morgan fingerprint density at radius 1 is 1.15 bits per heavy atom. The van der Waals surface area contributed by atoms with E-state index >= 15 is 0 Å². The zero-order valence-electron chi connectivity index (χ0n) is 11.8. The van der Waals surface area contributed by atoms with Crippen molar-refractivity contribution in [1.82, 2.24) is 9.97 Å². The van der Waals surface area contributed by atoms with Crippen LogP contribution in [0.2, 0.25) is 0 Å². The van der Waals surface area contributed by atoms with Crippen LogP contribution in [0.25, 0.3) is 11.3 Å². The van der Waals surface area contributed by atoms with Crippen molar-refractivity contribution in [2.45, 2.75) is 32.0 Å². The smallest absolute Gasteiger partial charge is 0.160 e. The van der Waals surface area contributed by atoms with Gasteiger partial charge in [-0.2, -0.15) is 0 Å². The van der Waals surface area contributed by atoms with Gasteiger partial charge in [-0.25, -0.2) is 9.97 Å². The van der Waals surface area contributed by atoms with Gasteiger partial charge in [-0.15, -0.1) is 0 Å². The average molecular weight is 269 g/mol. The summed E-state index contributed by atoms with van der Waals surface area (Å²) in [4.78, 5) is 9.24. The summed E-state index contributed by atoms with van der Waals surface area (Å²) >= 11 is 0. The number of hydrogen-bond acceptors (Lipinski definition) is 4. The van der Waals surface area contributed by atoms with Crippen LogP contribution in [0.15, 0.2) is 36.4 Å². The van der Waals surface area contributed by atoms with E-state index in [2.05, 4.69) is 29.4 Å². The number of rotatable bonds is 3. The monoisotopic (exact) mass is 269 g/mol. The Hall–Kier alpha value is -1.94. The van der Waals surface area contributed by atoms with E-state index in [9.17, 15) is 0 Å². The highest BCUT2D eigenvalue weighted by Crippen LogP contribution is 2.32. The summed E-state index contributed by atoms with van der Waals surface area (Å²) in [7, 11) is 1.87. The molecule has 1 aromatic carbocycles. The topological polar surface area (TPSA) is 47.0 Å². The Bertz CT molecular complexity index is 586. The number of benzene rings is 1. The first-order chi connectivity index (χ1) is 9.76. The molecule has 2 heterocycles. The lowest BCUT2D eigenvalue weighted by Gasteiger charge is -2.13. The summed E-state index contributed by atoms with van der Waals surface area (Å²) in [5.41, 5.74) is 2.03. The molecule has 0 saturated carbocycles. The third-order valence-corrected chi connectivity index (χ3v) is 3.59. The van der Waals surface area contributed by atoms with Gasteiger partial charge in [-0.05, 0) is 19.8 Å². The number of anilines is 1. The van der Waals surface area contributed by atoms with Gasteiger partial charge in [0.05, 0.1) is 11.8 Å². The zero-order chi connectivity index (χ0) is 13.9. The highest BCUT2D eigenvalue weighted by Gasteiger charge is 2.26. The molecule has 2 atom stereocenters. The normalized spacial score (nSPS) is 21.9. The second-order valence-electron chi connectivity index (χ2n) is 5.13. The summed E-state index contributed by atoms with van der Waals surface area (Å²) in [6.07, 6.45) is 2.36. The van der Waals surface area contributed by atoms with E-state index in [1.165, 1.54) is 0 Å². The van der Waals surface area contributed by atoms with Crippen LogP contribution in [-0.2, 0) is 4.74 Å². The molecule has 2 unspecified atom stereocenters. The summed E-state index contributed by atoms with van der Waals surface area (Å²) in [5.74, 6) is 1.61. The molecular formula is C16H19N3O. The molecule has 1 fully saturated rings. The SMILES string of the molecule is CNc1cc(-c2ccccc2)nc(C2CCC(C)O2)n1. The molecule has 1 aliphatic heterocycles. The predicted molar refractivity (Wildman–Crippen MR) is 79.5 cm³/mol. The van der Waals surface area contributed by atoms with Crippen LogP contribution in [0.4, 0.5) is 5.82 Å². The maximum atomic E-state index is 5.88. The third-order valence-electron chi connectivity index (χ3n) is 3.59. The predicted octanol–water partition coefficient (Wildman–Crippen LogP) is 3.43. The lowest BCUT2D eigenvalue weighted by atomic mass is 10.1. The maximum Gasteiger partial charge on any atom is 0.160 e. The van der Waals surface area contributed by atoms with Gasteiger partial charge in [0.25, 0.3) is 0 Å². The fraction of sp³-hybridized carbons (Fsp3) is 0.375. The number of ether oxygens (including phenoxy) is 1. The number of aromatic nitrogens is 2. The maximum absolute atomic E-state index is 5.88. The summed E-state index contributed by atoms with van der Waals surface area (Å²) in [6.45, 7) is 2.10. The molecule has 1 N–H and O–H groups in total. The quantitative estimate of drug-likeness (QED) is 0.927. The molecule has 3 rings (SSSR count). The van der Waals surface area contributed by atoms with Gasteiger partial charge in [0.1, 0.15) is 11.9 Å². The highest BCUT2D eigenvalue weighted by molar-refractivity contribution is 5.62. The van der Waals surface area contributed by atoms with Crippen molar-refractivity contribution in [2.24, 2.45) is 0 Å². The average Bonchev–Trinajstić information content (AvgIpc) is 2.94. The Morgan fingerprint density at radius 3 is 2.60 bits per heavy atom. The van der Waals surface area contributed by atoms with E-state index in [0.717, 1.165) is 35.7 Å². The van der Waals surface area contributed by atoms with E-state index in [4.69, 9.17) is 9.72 Å². The van der Waals surface area contributed by atoms with Gasteiger partial charge in [-0.3, -0.25) is 0 Å². The molecule has 104 valence electrons. The third kappa shape index (κ3) is 2.65. The van der Waals surface area contributed by atoms with Crippen molar-refractivity contribution in [3.63, 3.8) is 0 Å². The minimum atomic E-state index is 0.0146. The van der Waals surface area contributed by atoms with Crippen molar-refractivity contribution in [1.29, 1.82) is 0 Å². The van der Waals surface area contributed by atoms with Crippen molar-refractivity contribution in [3.8, 4) is 11.3 Å². The first-order valence-electron chi connectivity index (χ1n) is 7.04. The molecule has 1 aromatic heterocycles. The number of hydrogen-bond donors (Lipinski definition) is 1. The van der Waals surface area contributed by atoms with Crippen LogP contribution in [-0.4, -0.2) is 23.1 Å². The van der Waals surface area contributed by atoms with Gasteiger partial charge in [0, 0.05) is 18.7 Å². The summed E-state index contributed by atoms with van der Waals surface area (Å²) in [5, 5.41) is 3.11. The van der Waals surface area contributed by atoms with Gasteiger partial charge in [0.15, 0.2) is 5.82 Å². The molecule has 0 amide bonds. The lowest BCUT2D eigenvalue weighted by Crippen LogP contribution is -2.08. The van der Waals surface area contributed by atoms with Crippen LogP contribution in [0, 0.1) is 0 Å². The molecular weight excluding hydrogens is 250 g/mol. The van der Waals surface area contributed by atoms with E-state index in [0.29, 0.717) is 6.10 Å².